The summed E-state index contributed by atoms with van der Waals surface area (Å²) in [5.41, 5.74) is -0.362. The quantitative estimate of drug-likeness (QED) is 0.674. The Bertz CT molecular complexity index is 1020. The van der Waals surface area contributed by atoms with Gasteiger partial charge in [0.05, 0.1) is 5.69 Å². The predicted molar refractivity (Wildman–Crippen MR) is 91.0 cm³/mol. The molecule has 0 aromatic heterocycles. The van der Waals surface area contributed by atoms with Crippen molar-refractivity contribution in [1.82, 2.24) is 10.0 Å². The van der Waals surface area contributed by atoms with Crippen molar-refractivity contribution >= 4 is 43.6 Å². The van der Waals surface area contributed by atoms with Crippen molar-refractivity contribution in [3.63, 3.8) is 0 Å². The number of carbonyl (C=O) groups is 2. The lowest BCUT2D eigenvalue weighted by Gasteiger charge is -2.18. The highest BCUT2D eigenvalue weighted by atomic mass is 79.9. The average molecular weight is 446 g/mol. The molecule has 0 unspecified atom stereocenters. The molecule has 3 amide bonds. The number of anilines is 1. The van der Waals surface area contributed by atoms with E-state index in [1.165, 1.54) is 12.1 Å². The van der Waals surface area contributed by atoms with Gasteiger partial charge in [-0.25, -0.2) is 26.7 Å². The van der Waals surface area contributed by atoms with E-state index in [-0.39, 0.29) is 26.2 Å². The molecule has 0 radical (unpaired) electrons. The summed E-state index contributed by atoms with van der Waals surface area (Å²) in [5, 5.41) is 4.62. The molecule has 2 aromatic rings. The van der Waals surface area contributed by atoms with Gasteiger partial charge < -0.3 is 10.6 Å². The van der Waals surface area contributed by atoms with Crippen molar-refractivity contribution in [2.24, 2.45) is 0 Å². The van der Waals surface area contributed by atoms with Gasteiger partial charge in [0.25, 0.3) is 15.9 Å². The monoisotopic (exact) mass is 445 g/mol. The maximum atomic E-state index is 13.8. The highest BCUT2D eigenvalue weighted by molar-refractivity contribution is 9.10. The molecule has 3 rings (SSSR count). The molecule has 1 heterocycles. The third-order valence-electron chi connectivity index (χ3n) is 3.54. The molecule has 1 aliphatic heterocycles. The van der Waals surface area contributed by atoms with Crippen molar-refractivity contribution < 1.29 is 26.8 Å². The topological polar surface area (TPSA) is 104 Å². The van der Waals surface area contributed by atoms with Crippen molar-refractivity contribution in [3.8, 4) is 0 Å². The third kappa shape index (κ3) is 3.53. The second-order valence-corrected chi connectivity index (χ2v) is 7.87. The van der Waals surface area contributed by atoms with Crippen molar-refractivity contribution in [1.29, 1.82) is 0 Å². The highest BCUT2D eigenvalue weighted by Gasteiger charge is 2.28. The van der Waals surface area contributed by atoms with Crippen LogP contribution >= 0.6 is 15.9 Å². The van der Waals surface area contributed by atoms with Crippen LogP contribution in [0.15, 0.2) is 39.7 Å². The largest absolute Gasteiger partial charge is 0.348 e. The van der Waals surface area contributed by atoms with Gasteiger partial charge in [0.1, 0.15) is 16.5 Å². The summed E-state index contributed by atoms with van der Waals surface area (Å²) >= 11 is 2.95. The number of rotatable bonds is 3. The van der Waals surface area contributed by atoms with E-state index < -0.39 is 40.1 Å². The van der Waals surface area contributed by atoms with Gasteiger partial charge in [-0.1, -0.05) is 15.9 Å². The lowest BCUT2D eigenvalue weighted by atomic mass is 10.1. The van der Waals surface area contributed by atoms with Crippen LogP contribution in [0.4, 0.5) is 19.3 Å². The normalized spacial score (nSPS) is 14.8. The zero-order valence-electron chi connectivity index (χ0n) is 12.8. The van der Waals surface area contributed by atoms with Gasteiger partial charge in [-0.2, -0.15) is 0 Å². The second kappa shape index (κ2) is 6.65. The van der Waals surface area contributed by atoms with Gasteiger partial charge >= 0.3 is 6.03 Å². The van der Waals surface area contributed by atoms with Gasteiger partial charge in [0.2, 0.25) is 0 Å². The zero-order chi connectivity index (χ0) is 19.1. The minimum absolute atomic E-state index is 0.0234. The van der Waals surface area contributed by atoms with Gasteiger partial charge in [-0.3, -0.25) is 4.79 Å². The number of sulfonamides is 1. The van der Waals surface area contributed by atoms with E-state index in [2.05, 4.69) is 26.6 Å². The van der Waals surface area contributed by atoms with Crippen LogP contribution in [0.1, 0.15) is 15.9 Å². The van der Waals surface area contributed by atoms with E-state index in [0.717, 1.165) is 18.2 Å². The molecule has 0 saturated carbocycles. The van der Waals surface area contributed by atoms with E-state index in [1.807, 2.05) is 0 Å². The van der Waals surface area contributed by atoms with Crippen LogP contribution in [0.25, 0.3) is 0 Å². The molecule has 0 spiro atoms. The number of hydrogen-bond donors (Lipinski definition) is 3. The Kier molecular flexibility index (Phi) is 4.67. The molecule has 136 valence electrons. The minimum atomic E-state index is -4.10. The number of amides is 3. The Labute approximate surface area is 155 Å². The van der Waals surface area contributed by atoms with E-state index >= 15 is 0 Å². The number of urea groups is 1. The summed E-state index contributed by atoms with van der Waals surface area (Å²) in [4.78, 5) is 23.2. The van der Waals surface area contributed by atoms with Gasteiger partial charge in [0, 0.05) is 22.1 Å². The van der Waals surface area contributed by atoms with Crippen molar-refractivity contribution in [2.45, 2.75) is 11.4 Å². The third-order valence-corrected chi connectivity index (χ3v) is 5.37. The average Bonchev–Trinajstić information content (AvgIpc) is 2.52. The van der Waals surface area contributed by atoms with Crippen molar-refractivity contribution in [2.75, 3.05) is 5.32 Å². The van der Waals surface area contributed by atoms with Gasteiger partial charge in [0.15, 0.2) is 0 Å². The molecule has 7 nitrogen and oxygen atoms in total. The fourth-order valence-electron chi connectivity index (χ4n) is 2.33. The predicted octanol–water partition coefficient (Wildman–Crippen LogP) is 2.48. The molecule has 1 aliphatic rings. The van der Waals surface area contributed by atoms with Gasteiger partial charge in [-0.05, 0) is 30.3 Å². The number of benzene rings is 2. The molecule has 11 heteroatoms. The first kappa shape index (κ1) is 18.3. The van der Waals surface area contributed by atoms with E-state index in [4.69, 9.17) is 0 Å². The van der Waals surface area contributed by atoms with Crippen LogP contribution in [0.5, 0.6) is 0 Å². The summed E-state index contributed by atoms with van der Waals surface area (Å²) in [6.07, 6.45) is 0. The van der Waals surface area contributed by atoms with Crippen LogP contribution in [0.3, 0.4) is 0 Å². The van der Waals surface area contributed by atoms with Crippen LogP contribution in [-0.2, 0) is 16.6 Å². The number of fused-ring (bicyclic) bond motifs is 1. The summed E-state index contributed by atoms with van der Waals surface area (Å²) in [6, 6.07) is 4.80. The number of carbonyl (C=O) groups excluding carboxylic acids is 2. The minimum Gasteiger partial charge on any atom is -0.348 e. The van der Waals surface area contributed by atoms with Crippen LogP contribution in [0, 0.1) is 11.6 Å². The highest BCUT2D eigenvalue weighted by Crippen LogP contribution is 2.26. The standard InChI is InChI=1S/C15H10BrF2N3O4S/c16-8-4-10(17)9(11(18)5-8)6-19-14(22)7-1-2-12-13(3-7)26(24,25)21-15(23)20-12/h1-5H,6H2,(H,19,22)(H2,20,21,23). The molecule has 0 bridgehead atoms. The van der Waals surface area contributed by atoms with E-state index in [1.54, 1.807) is 4.72 Å². The smallest absolute Gasteiger partial charge is 0.333 e. The number of halogens is 3. The van der Waals surface area contributed by atoms with Crippen molar-refractivity contribution in [3.05, 3.63) is 57.6 Å². The lowest BCUT2D eigenvalue weighted by molar-refractivity contribution is 0.0950. The van der Waals surface area contributed by atoms with E-state index in [0.29, 0.717) is 0 Å². The molecular formula is C15H10BrF2N3O4S. The Hall–Kier alpha value is -2.53. The maximum Gasteiger partial charge on any atom is 0.333 e. The first-order valence-corrected chi connectivity index (χ1v) is 9.34. The molecule has 2 aromatic carbocycles. The number of hydrogen-bond acceptors (Lipinski definition) is 4. The van der Waals surface area contributed by atoms with Gasteiger partial charge in [-0.15, -0.1) is 0 Å². The summed E-state index contributed by atoms with van der Waals surface area (Å²) in [5.74, 6) is -2.41. The Morgan fingerprint density at radius 2 is 1.81 bits per heavy atom. The molecule has 0 atom stereocenters. The van der Waals surface area contributed by atoms with Crippen LogP contribution < -0.4 is 15.4 Å². The summed E-state index contributed by atoms with van der Waals surface area (Å²) in [6.45, 7) is -0.428. The molecule has 26 heavy (non-hydrogen) atoms. The molecule has 3 N–H and O–H groups in total. The summed E-state index contributed by atoms with van der Waals surface area (Å²) in [7, 11) is -4.10. The fraction of sp³-hybridized carbons (Fsp3) is 0.0667. The zero-order valence-corrected chi connectivity index (χ0v) is 15.2. The van der Waals surface area contributed by atoms with E-state index in [9.17, 15) is 26.8 Å². The Morgan fingerprint density at radius 1 is 1.15 bits per heavy atom. The first-order valence-electron chi connectivity index (χ1n) is 7.07. The maximum absolute atomic E-state index is 13.8. The first-order chi connectivity index (χ1) is 12.2. The Balaban J connectivity index is 1.83. The van der Waals surface area contributed by atoms with Crippen LogP contribution in [-0.4, -0.2) is 20.4 Å². The fourth-order valence-corrected chi connectivity index (χ4v) is 3.82. The van der Waals surface area contributed by atoms with Crippen LogP contribution in [0.2, 0.25) is 0 Å². The number of nitrogens with one attached hydrogen (secondary N) is 3. The second-order valence-electron chi connectivity index (χ2n) is 5.30. The lowest BCUT2D eigenvalue weighted by Crippen LogP contribution is -2.39. The molecule has 0 fully saturated rings. The molecular weight excluding hydrogens is 436 g/mol. The summed E-state index contributed by atoms with van der Waals surface area (Å²) < 4.78 is 53.4. The SMILES string of the molecule is O=C1Nc2ccc(C(=O)NCc3c(F)cc(Br)cc3F)cc2S(=O)(=O)N1. The molecule has 0 aliphatic carbocycles. The molecule has 0 saturated heterocycles. The Morgan fingerprint density at radius 3 is 2.46 bits per heavy atom.